The quantitative estimate of drug-likeness (QED) is 0.864. The van der Waals surface area contributed by atoms with E-state index in [4.69, 9.17) is 0 Å². The highest BCUT2D eigenvalue weighted by Crippen LogP contribution is 2.23. The Bertz CT molecular complexity index is 571. The number of nitrogens with one attached hydrogen (secondary N) is 1. The van der Waals surface area contributed by atoms with E-state index in [9.17, 15) is 14.0 Å². The Balaban J connectivity index is 1.81. The zero-order valence-electron chi connectivity index (χ0n) is 14.4. The Hall–Kier alpha value is -1.95. The number of carbonyl (C=O) groups is 2. The fraction of sp³-hybridized carbons (Fsp3) is 0.556. The molecular formula is C18H26FN3O2. The summed E-state index contributed by atoms with van der Waals surface area (Å²) in [5.41, 5.74) is 0.684. The van der Waals surface area contributed by atoms with Gasteiger partial charge in [0.2, 0.25) is 11.8 Å². The summed E-state index contributed by atoms with van der Waals surface area (Å²) >= 11 is 0. The number of carbonyl (C=O) groups excluding carboxylic acids is 2. The number of piperazine rings is 1. The van der Waals surface area contributed by atoms with E-state index in [0.717, 1.165) is 6.42 Å². The molecule has 0 aromatic heterocycles. The fourth-order valence-corrected chi connectivity index (χ4v) is 2.97. The molecule has 24 heavy (non-hydrogen) atoms. The summed E-state index contributed by atoms with van der Waals surface area (Å²) in [6.45, 7) is 6.57. The highest BCUT2D eigenvalue weighted by Gasteiger charge is 2.25. The molecule has 1 aliphatic heterocycles. The summed E-state index contributed by atoms with van der Waals surface area (Å²) in [7, 11) is 0. The normalized spacial score (nSPS) is 16.7. The van der Waals surface area contributed by atoms with Crippen LogP contribution in [0.4, 0.5) is 4.39 Å². The largest absolute Gasteiger partial charge is 0.347 e. The first-order chi connectivity index (χ1) is 11.5. The van der Waals surface area contributed by atoms with Crippen LogP contribution in [0.5, 0.6) is 0 Å². The molecule has 1 heterocycles. The second-order valence-corrected chi connectivity index (χ2v) is 6.14. The van der Waals surface area contributed by atoms with E-state index < -0.39 is 0 Å². The first kappa shape index (κ1) is 18.4. The molecule has 1 aliphatic rings. The van der Waals surface area contributed by atoms with Crippen molar-refractivity contribution in [3.05, 3.63) is 35.6 Å². The molecule has 2 amide bonds. The van der Waals surface area contributed by atoms with Crippen LogP contribution in [0.25, 0.3) is 0 Å². The van der Waals surface area contributed by atoms with Gasteiger partial charge < -0.3 is 10.2 Å². The number of amides is 2. The number of nitrogens with zero attached hydrogens (tertiary/aromatic N) is 2. The summed E-state index contributed by atoms with van der Waals surface area (Å²) in [4.78, 5) is 27.5. The van der Waals surface area contributed by atoms with Crippen LogP contribution in [0.15, 0.2) is 24.3 Å². The second-order valence-electron chi connectivity index (χ2n) is 6.14. The molecule has 2 rings (SSSR count). The number of hydrogen-bond donors (Lipinski definition) is 1. The van der Waals surface area contributed by atoms with Gasteiger partial charge in [0.05, 0.1) is 6.54 Å². The molecule has 6 heteroatoms. The van der Waals surface area contributed by atoms with Crippen molar-refractivity contribution < 1.29 is 14.0 Å². The van der Waals surface area contributed by atoms with Crippen molar-refractivity contribution in [1.29, 1.82) is 0 Å². The third-order valence-electron chi connectivity index (χ3n) is 4.48. The molecule has 1 atom stereocenters. The van der Waals surface area contributed by atoms with Crippen LogP contribution in [-0.4, -0.2) is 54.3 Å². The van der Waals surface area contributed by atoms with E-state index in [0.29, 0.717) is 38.2 Å². The minimum atomic E-state index is -0.192. The summed E-state index contributed by atoms with van der Waals surface area (Å²) in [6, 6.07) is 6.79. The van der Waals surface area contributed by atoms with Gasteiger partial charge in [-0.25, -0.2) is 4.39 Å². The van der Waals surface area contributed by atoms with Crippen molar-refractivity contribution in [2.45, 2.75) is 32.7 Å². The van der Waals surface area contributed by atoms with Crippen LogP contribution in [0.3, 0.4) is 0 Å². The Morgan fingerprint density at radius 3 is 2.50 bits per heavy atom. The molecule has 1 aromatic carbocycles. The zero-order chi connectivity index (χ0) is 17.5. The molecule has 1 unspecified atom stereocenters. The summed E-state index contributed by atoms with van der Waals surface area (Å²) in [6.07, 6.45) is 1.22. The van der Waals surface area contributed by atoms with E-state index in [1.54, 1.807) is 17.0 Å². The van der Waals surface area contributed by atoms with E-state index >= 15 is 0 Å². The van der Waals surface area contributed by atoms with Gasteiger partial charge in [0.25, 0.3) is 0 Å². The Morgan fingerprint density at radius 2 is 1.88 bits per heavy atom. The molecule has 0 saturated carbocycles. The van der Waals surface area contributed by atoms with Crippen LogP contribution >= 0.6 is 0 Å². The lowest BCUT2D eigenvalue weighted by molar-refractivity contribution is -0.134. The summed E-state index contributed by atoms with van der Waals surface area (Å²) in [5.74, 6) is -0.336. The molecule has 1 N–H and O–H groups in total. The van der Waals surface area contributed by atoms with E-state index in [2.05, 4.69) is 10.2 Å². The monoisotopic (exact) mass is 335 g/mol. The molecule has 1 saturated heterocycles. The lowest BCUT2D eigenvalue weighted by Crippen LogP contribution is -2.51. The molecule has 5 nitrogen and oxygen atoms in total. The fourth-order valence-electron chi connectivity index (χ4n) is 2.97. The first-order valence-electron chi connectivity index (χ1n) is 8.56. The second kappa shape index (κ2) is 8.78. The molecule has 0 bridgehead atoms. The number of rotatable bonds is 6. The highest BCUT2D eigenvalue weighted by molar-refractivity contribution is 5.84. The van der Waals surface area contributed by atoms with Gasteiger partial charge in [-0.3, -0.25) is 14.5 Å². The Kier molecular flexibility index (Phi) is 6.73. The van der Waals surface area contributed by atoms with Gasteiger partial charge in [-0.05, 0) is 19.4 Å². The van der Waals surface area contributed by atoms with Crippen LogP contribution < -0.4 is 5.32 Å². The number of hydrogen-bond acceptors (Lipinski definition) is 3. The van der Waals surface area contributed by atoms with Gasteiger partial charge in [-0.15, -0.1) is 0 Å². The van der Waals surface area contributed by atoms with E-state index in [-0.39, 0.29) is 30.2 Å². The Morgan fingerprint density at radius 1 is 1.21 bits per heavy atom. The van der Waals surface area contributed by atoms with Crippen molar-refractivity contribution in [2.24, 2.45) is 0 Å². The van der Waals surface area contributed by atoms with E-state index in [1.165, 1.54) is 6.07 Å². The molecule has 0 spiro atoms. The minimum Gasteiger partial charge on any atom is -0.347 e. The number of halogens is 1. The predicted octanol–water partition coefficient (Wildman–Crippen LogP) is 1.95. The van der Waals surface area contributed by atoms with Crippen LogP contribution in [0, 0.1) is 5.82 Å². The molecule has 1 fully saturated rings. The lowest BCUT2D eigenvalue weighted by atomic mass is 10.1. The first-order valence-corrected chi connectivity index (χ1v) is 8.56. The van der Waals surface area contributed by atoms with Gasteiger partial charge in [0.1, 0.15) is 5.82 Å². The van der Waals surface area contributed by atoms with Crippen molar-refractivity contribution in [3.63, 3.8) is 0 Å². The van der Waals surface area contributed by atoms with Crippen molar-refractivity contribution in [1.82, 2.24) is 15.1 Å². The average Bonchev–Trinajstić information content (AvgIpc) is 2.60. The molecule has 0 radical (unpaired) electrons. The van der Waals surface area contributed by atoms with Gasteiger partial charge in [0, 0.05) is 44.2 Å². The van der Waals surface area contributed by atoms with Gasteiger partial charge in [-0.1, -0.05) is 25.1 Å². The van der Waals surface area contributed by atoms with E-state index in [1.807, 2.05) is 19.9 Å². The predicted molar refractivity (Wildman–Crippen MR) is 90.9 cm³/mol. The summed E-state index contributed by atoms with van der Waals surface area (Å²) in [5, 5.41) is 2.65. The van der Waals surface area contributed by atoms with Crippen molar-refractivity contribution in [2.75, 3.05) is 32.7 Å². The van der Waals surface area contributed by atoms with Crippen LogP contribution in [0.2, 0.25) is 0 Å². The van der Waals surface area contributed by atoms with Gasteiger partial charge in [0.15, 0.2) is 0 Å². The average molecular weight is 335 g/mol. The van der Waals surface area contributed by atoms with Crippen LogP contribution in [0.1, 0.15) is 38.3 Å². The standard InChI is InChI=1S/C18H26FN3O2/c1-3-6-17(23)20-13-18(24)22-11-9-21(10-12-22)14(2)15-7-4-5-8-16(15)19/h4-5,7-8,14H,3,6,9-13H2,1-2H3,(H,20,23). The molecular weight excluding hydrogens is 309 g/mol. The smallest absolute Gasteiger partial charge is 0.242 e. The lowest BCUT2D eigenvalue weighted by Gasteiger charge is -2.38. The number of benzene rings is 1. The maximum Gasteiger partial charge on any atom is 0.242 e. The topological polar surface area (TPSA) is 52.7 Å². The van der Waals surface area contributed by atoms with Gasteiger partial charge >= 0.3 is 0 Å². The maximum atomic E-state index is 13.9. The maximum absolute atomic E-state index is 13.9. The SMILES string of the molecule is CCCC(=O)NCC(=O)N1CCN(C(C)c2ccccc2F)CC1. The Labute approximate surface area is 142 Å². The molecule has 1 aromatic rings. The molecule has 0 aliphatic carbocycles. The summed E-state index contributed by atoms with van der Waals surface area (Å²) < 4.78 is 13.9. The third-order valence-corrected chi connectivity index (χ3v) is 4.48. The molecule has 132 valence electrons. The van der Waals surface area contributed by atoms with Crippen molar-refractivity contribution in [3.8, 4) is 0 Å². The third kappa shape index (κ3) is 4.77. The minimum absolute atomic E-state index is 0.0206. The van der Waals surface area contributed by atoms with Gasteiger partial charge in [-0.2, -0.15) is 0 Å². The van der Waals surface area contributed by atoms with Crippen molar-refractivity contribution >= 4 is 11.8 Å². The highest BCUT2D eigenvalue weighted by atomic mass is 19.1. The zero-order valence-corrected chi connectivity index (χ0v) is 14.4. The van der Waals surface area contributed by atoms with Crippen LogP contribution in [-0.2, 0) is 9.59 Å².